The van der Waals surface area contributed by atoms with Crippen molar-refractivity contribution in [2.45, 2.75) is 26.7 Å². The Labute approximate surface area is 153 Å². The van der Waals surface area contributed by atoms with E-state index in [9.17, 15) is 9.59 Å². The van der Waals surface area contributed by atoms with Crippen molar-refractivity contribution in [3.8, 4) is 0 Å². The molecule has 2 amide bonds. The normalized spacial score (nSPS) is 11.0. The van der Waals surface area contributed by atoms with Crippen molar-refractivity contribution in [3.63, 3.8) is 0 Å². The minimum atomic E-state index is -0.884. The largest absolute Gasteiger partial charge is 0.331 e. The van der Waals surface area contributed by atoms with E-state index in [0.29, 0.717) is 0 Å². The van der Waals surface area contributed by atoms with Crippen molar-refractivity contribution in [2.75, 3.05) is 0 Å². The number of rotatable bonds is 6. The van der Waals surface area contributed by atoms with Crippen LogP contribution in [0.4, 0.5) is 0 Å². The highest BCUT2D eigenvalue weighted by atomic mass is 16.2. The highest BCUT2D eigenvalue weighted by molar-refractivity contribution is 6.35. The van der Waals surface area contributed by atoms with Gasteiger partial charge in [-0.25, -0.2) is 10.9 Å². The number of hydrazone groups is 2. The first-order valence-electron chi connectivity index (χ1n) is 8.46. The van der Waals surface area contributed by atoms with E-state index in [1.165, 1.54) is 23.6 Å². The van der Waals surface area contributed by atoms with Crippen LogP contribution >= 0.6 is 0 Å². The summed E-state index contributed by atoms with van der Waals surface area (Å²) >= 11 is 0. The maximum absolute atomic E-state index is 11.6. The van der Waals surface area contributed by atoms with Gasteiger partial charge in [0.25, 0.3) is 0 Å². The number of nitrogens with one attached hydrogen (secondary N) is 2. The molecule has 0 atom stereocenters. The van der Waals surface area contributed by atoms with Crippen LogP contribution in [0.25, 0.3) is 0 Å². The number of aryl methyl sites for hydroxylation is 2. The van der Waals surface area contributed by atoms with E-state index in [-0.39, 0.29) is 0 Å². The summed E-state index contributed by atoms with van der Waals surface area (Å²) in [7, 11) is 0. The molecule has 0 aliphatic rings. The SMILES string of the molecule is CCc1ccc(C=NNC(=O)C(=O)N/N=C/c2ccc(CC)cc2)cc1. The first-order valence-corrected chi connectivity index (χ1v) is 8.46. The molecular formula is C20H22N4O2. The van der Waals surface area contributed by atoms with E-state index in [1.807, 2.05) is 48.5 Å². The predicted octanol–water partition coefficient (Wildman–Crippen LogP) is 2.41. The van der Waals surface area contributed by atoms with Gasteiger partial charge in [0.2, 0.25) is 0 Å². The molecular weight excluding hydrogens is 328 g/mol. The third kappa shape index (κ3) is 5.98. The summed E-state index contributed by atoms with van der Waals surface area (Å²) < 4.78 is 0. The minimum Gasteiger partial charge on any atom is -0.262 e. The molecule has 6 heteroatoms. The molecule has 0 radical (unpaired) electrons. The van der Waals surface area contributed by atoms with Crippen molar-refractivity contribution in [3.05, 3.63) is 70.8 Å². The third-order valence-corrected chi connectivity index (χ3v) is 3.74. The first-order chi connectivity index (χ1) is 12.6. The first kappa shape index (κ1) is 19.1. The summed E-state index contributed by atoms with van der Waals surface area (Å²) in [5.41, 5.74) is 8.43. The maximum Gasteiger partial charge on any atom is 0.331 e. The number of carbonyl (C=O) groups is 2. The van der Waals surface area contributed by atoms with Crippen molar-refractivity contribution in [2.24, 2.45) is 10.2 Å². The summed E-state index contributed by atoms with van der Waals surface area (Å²) in [6.07, 6.45) is 4.86. The van der Waals surface area contributed by atoms with Crippen LogP contribution in [0.15, 0.2) is 58.7 Å². The van der Waals surface area contributed by atoms with Crippen LogP contribution in [0.5, 0.6) is 0 Å². The minimum absolute atomic E-state index is 0.830. The zero-order chi connectivity index (χ0) is 18.8. The smallest absolute Gasteiger partial charge is 0.262 e. The van der Waals surface area contributed by atoms with Gasteiger partial charge in [0.15, 0.2) is 0 Å². The Kier molecular flexibility index (Phi) is 7.24. The maximum atomic E-state index is 11.6. The Balaban J connectivity index is 1.79. The lowest BCUT2D eigenvalue weighted by atomic mass is 10.1. The quantitative estimate of drug-likeness (QED) is 0.476. The lowest BCUT2D eigenvalue weighted by Crippen LogP contribution is -2.35. The van der Waals surface area contributed by atoms with Gasteiger partial charge in [-0.1, -0.05) is 62.4 Å². The number of nitrogens with zero attached hydrogens (tertiary/aromatic N) is 2. The molecule has 0 spiro atoms. The van der Waals surface area contributed by atoms with Gasteiger partial charge in [-0.3, -0.25) is 9.59 Å². The fourth-order valence-electron chi connectivity index (χ4n) is 2.11. The number of hydrogen-bond donors (Lipinski definition) is 2. The number of carbonyl (C=O) groups excluding carboxylic acids is 2. The van der Waals surface area contributed by atoms with Crippen molar-refractivity contribution >= 4 is 24.2 Å². The molecule has 134 valence electrons. The van der Waals surface area contributed by atoms with Gasteiger partial charge in [0.1, 0.15) is 0 Å². The Hall–Kier alpha value is -3.28. The van der Waals surface area contributed by atoms with E-state index in [4.69, 9.17) is 0 Å². The standard InChI is InChI=1S/C20H22N4O2/c1-3-15-5-9-17(10-6-15)13-21-23-19(25)20(26)24-22-14-18-11-7-16(4-2)8-12-18/h5-14H,3-4H2,1-2H3,(H,23,25)(H,24,26)/b21-13+,22-14?. The van der Waals surface area contributed by atoms with Crippen LogP contribution in [0.2, 0.25) is 0 Å². The predicted molar refractivity (Wildman–Crippen MR) is 103 cm³/mol. The zero-order valence-corrected chi connectivity index (χ0v) is 14.9. The summed E-state index contributed by atoms with van der Waals surface area (Å²) in [4.78, 5) is 23.3. The molecule has 2 aromatic rings. The molecule has 2 N–H and O–H groups in total. The van der Waals surface area contributed by atoms with Gasteiger partial charge in [-0.05, 0) is 35.1 Å². The number of hydrogen-bond acceptors (Lipinski definition) is 4. The van der Waals surface area contributed by atoms with E-state index < -0.39 is 11.8 Å². The van der Waals surface area contributed by atoms with Gasteiger partial charge in [-0.2, -0.15) is 10.2 Å². The molecule has 0 aliphatic carbocycles. The molecule has 26 heavy (non-hydrogen) atoms. The molecule has 0 aliphatic heterocycles. The average molecular weight is 350 g/mol. The molecule has 2 aromatic carbocycles. The molecule has 0 fully saturated rings. The number of amides is 2. The summed E-state index contributed by atoms with van der Waals surface area (Å²) in [5.74, 6) is -1.77. The average Bonchev–Trinajstić information content (AvgIpc) is 2.68. The topological polar surface area (TPSA) is 82.9 Å². The Morgan fingerprint density at radius 3 is 1.38 bits per heavy atom. The molecule has 6 nitrogen and oxygen atoms in total. The van der Waals surface area contributed by atoms with Gasteiger partial charge < -0.3 is 0 Å². The Bertz CT molecular complexity index is 724. The van der Waals surface area contributed by atoms with Gasteiger partial charge in [0, 0.05) is 0 Å². The highest BCUT2D eigenvalue weighted by Gasteiger charge is 2.10. The zero-order valence-electron chi connectivity index (χ0n) is 14.9. The molecule has 0 saturated carbocycles. The van der Waals surface area contributed by atoms with Crippen molar-refractivity contribution in [1.82, 2.24) is 10.9 Å². The monoisotopic (exact) mass is 350 g/mol. The third-order valence-electron chi connectivity index (χ3n) is 3.74. The lowest BCUT2D eigenvalue weighted by molar-refractivity contribution is -0.139. The van der Waals surface area contributed by atoms with Crippen LogP contribution in [-0.4, -0.2) is 24.2 Å². The van der Waals surface area contributed by atoms with Gasteiger partial charge >= 0.3 is 11.8 Å². The summed E-state index contributed by atoms with van der Waals surface area (Å²) in [6, 6.07) is 15.5. The van der Waals surface area contributed by atoms with Gasteiger partial charge in [0.05, 0.1) is 12.4 Å². The molecule has 0 aromatic heterocycles. The molecule has 2 rings (SSSR count). The highest BCUT2D eigenvalue weighted by Crippen LogP contribution is 2.03. The molecule has 0 saturated heterocycles. The second-order valence-corrected chi connectivity index (χ2v) is 5.59. The Morgan fingerprint density at radius 2 is 1.08 bits per heavy atom. The van der Waals surface area contributed by atoms with Gasteiger partial charge in [-0.15, -0.1) is 0 Å². The summed E-state index contributed by atoms with van der Waals surface area (Å²) in [5, 5.41) is 7.53. The van der Waals surface area contributed by atoms with E-state index >= 15 is 0 Å². The summed E-state index contributed by atoms with van der Waals surface area (Å²) in [6.45, 7) is 4.15. The van der Waals surface area contributed by atoms with Crippen molar-refractivity contribution in [1.29, 1.82) is 0 Å². The van der Waals surface area contributed by atoms with E-state index in [1.54, 1.807) is 0 Å². The van der Waals surface area contributed by atoms with Crippen LogP contribution in [-0.2, 0) is 22.4 Å². The van der Waals surface area contributed by atoms with E-state index in [2.05, 4.69) is 34.9 Å². The second kappa shape index (κ2) is 9.88. The molecule has 0 bridgehead atoms. The molecule has 0 heterocycles. The van der Waals surface area contributed by atoms with Crippen LogP contribution in [0.3, 0.4) is 0 Å². The van der Waals surface area contributed by atoms with Crippen LogP contribution < -0.4 is 10.9 Å². The fourth-order valence-corrected chi connectivity index (χ4v) is 2.11. The fraction of sp³-hybridized carbons (Fsp3) is 0.200. The van der Waals surface area contributed by atoms with Crippen LogP contribution in [0.1, 0.15) is 36.1 Å². The number of benzene rings is 2. The van der Waals surface area contributed by atoms with Crippen LogP contribution in [0, 0.1) is 0 Å². The Morgan fingerprint density at radius 1 is 0.731 bits per heavy atom. The second-order valence-electron chi connectivity index (χ2n) is 5.59. The van der Waals surface area contributed by atoms with E-state index in [0.717, 1.165) is 24.0 Å². The molecule has 0 unspecified atom stereocenters. The lowest BCUT2D eigenvalue weighted by Gasteiger charge is -2.00. The van der Waals surface area contributed by atoms with Crippen molar-refractivity contribution < 1.29 is 9.59 Å².